The molecule has 0 amide bonds. The van der Waals surface area contributed by atoms with Gasteiger partial charge >= 0.3 is 0 Å². The van der Waals surface area contributed by atoms with E-state index in [1.54, 1.807) is 6.92 Å². The van der Waals surface area contributed by atoms with Crippen molar-refractivity contribution < 1.29 is 5.11 Å². The third kappa shape index (κ3) is 3.79. The molecule has 3 heteroatoms. The summed E-state index contributed by atoms with van der Waals surface area (Å²) in [4.78, 5) is 1.25. The molecule has 1 rings (SSSR count). The van der Waals surface area contributed by atoms with Gasteiger partial charge in [-0.2, -0.15) is 0 Å². The second-order valence-electron chi connectivity index (χ2n) is 4.43. The van der Waals surface area contributed by atoms with Gasteiger partial charge in [0.2, 0.25) is 0 Å². The van der Waals surface area contributed by atoms with Gasteiger partial charge in [-0.1, -0.05) is 42.8 Å². The lowest BCUT2D eigenvalue weighted by atomic mass is 10.1. The van der Waals surface area contributed by atoms with Crippen LogP contribution in [0.25, 0.3) is 0 Å². The Hall–Kier alpha value is 0.01000. The van der Waals surface area contributed by atoms with Crippen LogP contribution < -0.4 is 0 Å². The van der Waals surface area contributed by atoms with E-state index in [9.17, 15) is 5.11 Å². The molecule has 0 saturated carbocycles. The minimum absolute atomic E-state index is 0.420. The van der Waals surface area contributed by atoms with E-state index in [1.807, 2.05) is 17.8 Å². The Labute approximate surface area is 111 Å². The van der Waals surface area contributed by atoms with E-state index in [2.05, 4.69) is 48.8 Å². The minimum atomic E-state index is -0.420. The average Bonchev–Trinajstić information content (AvgIpc) is 2.16. The molecule has 0 bridgehead atoms. The van der Waals surface area contributed by atoms with Crippen LogP contribution in [-0.4, -0.2) is 10.4 Å². The molecule has 2 atom stereocenters. The van der Waals surface area contributed by atoms with E-state index in [0.717, 1.165) is 10.0 Å². The zero-order chi connectivity index (χ0) is 12.3. The van der Waals surface area contributed by atoms with Crippen LogP contribution in [0.2, 0.25) is 0 Å². The standard InChI is InChI=1S/C13H19BrOS/c1-8(2)10(4)16-11-5-6-12(9(3)15)13(14)7-11/h5-10,15H,1-4H3/t9-,10?/m1/s1. The van der Waals surface area contributed by atoms with Crippen LogP contribution in [0.3, 0.4) is 0 Å². The number of thioether (sulfide) groups is 1. The van der Waals surface area contributed by atoms with Crippen LogP contribution in [-0.2, 0) is 0 Å². The van der Waals surface area contributed by atoms with Gasteiger partial charge in [-0.05, 0) is 30.5 Å². The summed E-state index contributed by atoms with van der Waals surface area (Å²) in [5, 5.41) is 10.1. The molecule has 90 valence electrons. The van der Waals surface area contributed by atoms with Gasteiger partial charge in [-0.25, -0.2) is 0 Å². The number of halogens is 1. The molecular formula is C13H19BrOS. The highest BCUT2D eigenvalue weighted by Crippen LogP contribution is 2.32. The predicted octanol–water partition coefficient (Wildman–Crippen LogP) is 4.64. The number of benzene rings is 1. The summed E-state index contributed by atoms with van der Waals surface area (Å²) < 4.78 is 0.989. The van der Waals surface area contributed by atoms with E-state index in [-0.39, 0.29) is 0 Å². The van der Waals surface area contributed by atoms with Gasteiger partial charge in [-0.15, -0.1) is 11.8 Å². The van der Waals surface area contributed by atoms with E-state index in [4.69, 9.17) is 0 Å². The molecular weight excluding hydrogens is 284 g/mol. The van der Waals surface area contributed by atoms with Crippen LogP contribution in [0.5, 0.6) is 0 Å². The highest BCUT2D eigenvalue weighted by Gasteiger charge is 2.11. The molecule has 0 heterocycles. The minimum Gasteiger partial charge on any atom is -0.389 e. The highest BCUT2D eigenvalue weighted by molar-refractivity contribution is 9.10. The molecule has 0 aromatic heterocycles. The largest absolute Gasteiger partial charge is 0.389 e. The fourth-order valence-corrected chi connectivity index (χ4v) is 3.17. The van der Waals surface area contributed by atoms with Crippen LogP contribution in [0.15, 0.2) is 27.6 Å². The van der Waals surface area contributed by atoms with Crippen molar-refractivity contribution in [3.63, 3.8) is 0 Å². The first-order valence-corrected chi connectivity index (χ1v) is 7.23. The average molecular weight is 303 g/mol. The monoisotopic (exact) mass is 302 g/mol. The molecule has 0 aliphatic carbocycles. The lowest BCUT2D eigenvalue weighted by molar-refractivity contribution is 0.198. The number of aliphatic hydroxyl groups is 1. The Morgan fingerprint density at radius 1 is 1.19 bits per heavy atom. The molecule has 1 aromatic rings. The lowest BCUT2D eigenvalue weighted by Gasteiger charge is -2.16. The quantitative estimate of drug-likeness (QED) is 0.818. The molecule has 1 N–H and O–H groups in total. The molecule has 0 aliphatic rings. The third-order valence-corrected chi connectivity index (χ3v) is 4.81. The van der Waals surface area contributed by atoms with Gasteiger partial charge in [-0.3, -0.25) is 0 Å². The normalized spacial score (nSPS) is 15.2. The fourth-order valence-electron chi connectivity index (χ4n) is 1.27. The molecule has 1 unspecified atom stereocenters. The lowest BCUT2D eigenvalue weighted by Crippen LogP contribution is -2.05. The third-order valence-electron chi connectivity index (χ3n) is 2.68. The van der Waals surface area contributed by atoms with Crippen molar-refractivity contribution in [3.05, 3.63) is 28.2 Å². The molecule has 0 saturated heterocycles. The van der Waals surface area contributed by atoms with E-state index < -0.39 is 6.10 Å². The molecule has 0 aliphatic heterocycles. The van der Waals surface area contributed by atoms with Crippen molar-refractivity contribution in [1.82, 2.24) is 0 Å². The first-order valence-electron chi connectivity index (χ1n) is 5.56. The van der Waals surface area contributed by atoms with Gasteiger partial charge in [0.15, 0.2) is 0 Å². The summed E-state index contributed by atoms with van der Waals surface area (Å²) in [6.07, 6.45) is -0.420. The molecule has 1 nitrogen and oxygen atoms in total. The van der Waals surface area contributed by atoms with E-state index in [1.165, 1.54) is 4.90 Å². The van der Waals surface area contributed by atoms with Crippen molar-refractivity contribution in [1.29, 1.82) is 0 Å². The topological polar surface area (TPSA) is 20.2 Å². The molecule has 0 radical (unpaired) electrons. The number of hydrogen-bond acceptors (Lipinski definition) is 2. The first-order chi connectivity index (χ1) is 7.41. The number of aliphatic hydroxyl groups excluding tert-OH is 1. The zero-order valence-corrected chi connectivity index (χ0v) is 12.6. The zero-order valence-electron chi connectivity index (χ0n) is 10.2. The predicted molar refractivity (Wildman–Crippen MR) is 74.9 cm³/mol. The van der Waals surface area contributed by atoms with Gasteiger partial charge in [0, 0.05) is 14.6 Å². The molecule has 16 heavy (non-hydrogen) atoms. The van der Waals surface area contributed by atoms with Crippen LogP contribution in [0.1, 0.15) is 39.4 Å². The van der Waals surface area contributed by atoms with Crippen LogP contribution >= 0.6 is 27.7 Å². The summed E-state index contributed by atoms with van der Waals surface area (Å²) in [7, 11) is 0. The SMILES string of the molecule is CC(C)C(C)Sc1ccc([C@@H](C)O)c(Br)c1. The summed E-state index contributed by atoms with van der Waals surface area (Å²) in [5.74, 6) is 0.667. The number of hydrogen-bond donors (Lipinski definition) is 1. The first kappa shape index (κ1) is 14.1. The second-order valence-corrected chi connectivity index (χ2v) is 6.73. The summed E-state index contributed by atoms with van der Waals surface area (Å²) in [5.41, 5.74) is 0.946. The van der Waals surface area contributed by atoms with Crippen molar-refractivity contribution >= 4 is 27.7 Å². The van der Waals surface area contributed by atoms with Gasteiger partial charge < -0.3 is 5.11 Å². The Kier molecular flexibility index (Phi) is 5.35. The van der Waals surface area contributed by atoms with Gasteiger partial charge in [0.05, 0.1) is 6.10 Å². The molecule has 0 fully saturated rings. The van der Waals surface area contributed by atoms with Gasteiger partial charge in [0.25, 0.3) is 0 Å². The Balaban J connectivity index is 2.81. The maximum absolute atomic E-state index is 9.53. The van der Waals surface area contributed by atoms with Crippen molar-refractivity contribution in [3.8, 4) is 0 Å². The van der Waals surface area contributed by atoms with Crippen molar-refractivity contribution in [2.24, 2.45) is 5.92 Å². The molecule has 0 spiro atoms. The number of rotatable bonds is 4. The Bertz CT molecular complexity index is 350. The highest BCUT2D eigenvalue weighted by atomic mass is 79.9. The van der Waals surface area contributed by atoms with Crippen LogP contribution in [0, 0.1) is 5.92 Å². The summed E-state index contributed by atoms with van der Waals surface area (Å²) >= 11 is 5.38. The summed E-state index contributed by atoms with van der Waals surface area (Å²) in [6, 6.07) is 6.16. The maximum atomic E-state index is 9.53. The van der Waals surface area contributed by atoms with E-state index in [0.29, 0.717) is 11.2 Å². The van der Waals surface area contributed by atoms with Crippen molar-refractivity contribution in [2.75, 3.05) is 0 Å². The summed E-state index contributed by atoms with van der Waals surface area (Å²) in [6.45, 7) is 8.49. The van der Waals surface area contributed by atoms with Crippen molar-refractivity contribution in [2.45, 2.75) is 43.9 Å². The van der Waals surface area contributed by atoms with Gasteiger partial charge in [0.1, 0.15) is 0 Å². The second kappa shape index (κ2) is 6.08. The molecule has 1 aromatic carbocycles. The van der Waals surface area contributed by atoms with Crippen LogP contribution in [0.4, 0.5) is 0 Å². The smallest absolute Gasteiger partial charge is 0.0772 e. The van der Waals surface area contributed by atoms with E-state index >= 15 is 0 Å². The fraction of sp³-hybridized carbons (Fsp3) is 0.538. The Morgan fingerprint density at radius 3 is 2.25 bits per heavy atom. The Morgan fingerprint density at radius 2 is 1.81 bits per heavy atom. The maximum Gasteiger partial charge on any atom is 0.0772 e.